The molecule has 1 aromatic carbocycles. The van der Waals surface area contributed by atoms with E-state index < -0.39 is 0 Å². The van der Waals surface area contributed by atoms with Crippen LogP contribution in [0.2, 0.25) is 0 Å². The Morgan fingerprint density at radius 2 is 2.26 bits per heavy atom. The van der Waals surface area contributed by atoms with Crippen LogP contribution in [0.25, 0.3) is 11.0 Å². The largest absolute Gasteiger partial charge is 0.396 e. The van der Waals surface area contributed by atoms with Crippen molar-refractivity contribution in [2.75, 3.05) is 19.7 Å². The second-order valence-electron chi connectivity index (χ2n) is 5.69. The average Bonchev–Trinajstić information content (AvgIpc) is 2.84. The molecule has 2 aromatic rings. The van der Waals surface area contributed by atoms with Gasteiger partial charge in [-0.25, -0.2) is 4.98 Å². The lowest BCUT2D eigenvalue weighted by molar-refractivity contribution is 0.0451. The molecule has 19 heavy (non-hydrogen) atoms. The summed E-state index contributed by atoms with van der Waals surface area (Å²) < 4.78 is 0. The molecule has 0 bridgehead atoms. The Morgan fingerprint density at radius 3 is 3.00 bits per heavy atom. The van der Waals surface area contributed by atoms with Gasteiger partial charge in [-0.15, -0.1) is 0 Å². The molecule has 0 aliphatic heterocycles. The molecule has 4 heteroatoms. The van der Waals surface area contributed by atoms with Crippen molar-refractivity contribution < 1.29 is 5.11 Å². The smallest absolute Gasteiger partial charge is 0.0931 e. The van der Waals surface area contributed by atoms with Crippen LogP contribution in [0.15, 0.2) is 24.5 Å². The molecule has 102 valence electrons. The monoisotopic (exact) mass is 259 g/mol. The number of aliphatic hydroxyl groups excluding tert-OH is 1. The third-order valence-electron chi connectivity index (χ3n) is 4.32. The highest BCUT2D eigenvalue weighted by atomic mass is 16.3. The lowest BCUT2D eigenvalue weighted by Crippen LogP contribution is -2.43. The lowest BCUT2D eigenvalue weighted by Gasteiger charge is -2.40. The summed E-state index contributed by atoms with van der Waals surface area (Å²) in [4.78, 5) is 7.36. The van der Waals surface area contributed by atoms with Crippen molar-refractivity contribution in [3.8, 4) is 0 Å². The number of nitrogens with zero attached hydrogens (tertiary/aromatic N) is 1. The minimum absolute atomic E-state index is 0.174. The molecule has 0 spiro atoms. The first-order valence-corrected chi connectivity index (χ1v) is 7.05. The molecule has 3 N–H and O–H groups in total. The minimum atomic E-state index is 0.174. The molecule has 1 aromatic heterocycles. The number of hydrogen-bond acceptors (Lipinski definition) is 3. The van der Waals surface area contributed by atoms with Crippen LogP contribution in [-0.4, -0.2) is 34.8 Å². The summed E-state index contributed by atoms with van der Waals surface area (Å²) in [7, 11) is 0. The van der Waals surface area contributed by atoms with Crippen LogP contribution < -0.4 is 5.32 Å². The second kappa shape index (κ2) is 5.31. The molecule has 1 saturated carbocycles. The van der Waals surface area contributed by atoms with Gasteiger partial charge in [-0.05, 0) is 43.5 Å². The Kier molecular flexibility index (Phi) is 3.53. The number of hydrogen-bond donors (Lipinski definition) is 3. The topological polar surface area (TPSA) is 60.9 Å². The van der Waals surface area contributed by atoms with Crippen molar-refractivity contribution in [1.82, 2.24) is 15.3 Å². The standard InChI is InChI=1S/C15H21N3O/c19-10-15(5-1-6-15)9-16-7-4-12-2-3-13-14(8-12)18-11-17-13/h2-3,8,11,16,19H,1,4-7,9-10H2,(H,17,18). The van der Waals surface area contributed by atoms with Gasteiger partial charge in [0.1, 0.15) is 0 Å². The van der Waals surface area contributed by atoms with E-state index in [1.807, 2.05) is 0 Å². The van der Waals surface area contributed by atoms with Gasteiger partial charge in [0.15, 0.2) is 0 Å². The van der Waals surface area contributed by atoms with Crippen LogP contribution in [0, 0.1) is 5.41 Å². The summed E-state index contributed by atoms with van der Waals surface area (Å²) in [5.74, 6) is 0. The van der Waals surface area contributed by atoms with Gasteiger partial charge in [-0.1, -0.05) is 12.5 Å². The predicted molar refractivity (Wildman–Crippen MR) is 76.0 cm³/mol. The van der Waals surface area contributed by atoms with E-state index in [-0.39, 0.29) is 5.41 Å². The van der Waals surface area contributed by atoms with Crippen LogP contribution in [0.4, 0.5) is 0 Å². The van der Waals surface area contributed by atoms with Crippen LogP contribution in [0.3, 0.4) is 0 Å². The van der Waals surface area contributed by atoms with Crippen LogP contribution in [0.1, 0.15) is 24.8 Å². The summed E-state index contributed by atoms with van der Waals surface area (Å²) >= 11 is 0. The number of benzene rings is 1. The normalized spacial score (nSPS) is 17.5. The summed E-state index contributed by atoms with van der Waals surface area (Å²) in [5, 5.41) is 12.9. The van der Waals surface area contributed by atoms with E-state index in [4.69, 9.17) is 0 Å². The molecule has 1 fully saturated rings. The Hall–Kier alpha value is -1.39. The summed E-state index contributed by atoms with van der Waals surface area (Å²) in [5.41, 5.74) is 3.61. The van der Waals surface area contributed by atoms with Crippen molar-refractivity contribution >= 4 is 11.0 Å². The maximum absolute atomic E-state index is 9.40. The molecule has 0 radical (unpaired) electrons. The third kappa shape index (κ3) is 2.65. The zero-order chi connectivity index (χ0) is 13.1. The van der Waals surface area contributed by atoms with Gasteiger partial charge in [0.2, 0.25) is 0 Å². The zero-order valence-corrected chi connectivity index (χ0v) is 11.2. The van der Waals surface area contributed by atoms with Gasteiger partial charge in [-0.3, -0.25) is 0 Å². The molecule has 1 heterocycles. The maximum Gasteiger partial charge on any atom is 0.0931 e. The zero-order valence-electron chi connectivity index (χ0n) is 11.2. The van der Waals surface area contributed by atoms with Crippen molar-refractivity contribution in [2.24, 2.45) is 5.41 Å². The number of rotatable bonds is 6. The van der Waals surface area contributed by atoms with E-state index in [0.29, 0.717) is 6.61 Å². The first kappa shape index (κ1) is 12.6. The van der Waals surface area contributed by atoms with E-state index in [9.17, 15) is 5.11 Å². The van der Waals surface area contributed by atoms with Crippen LogP contribution in [-0.2, 0) is 6.42 Å². The van der Waals surface area contributed by atoms with Crippen LogP contribution >= 0.6 is 0 Å². The van der Waals surface area contributed by atoms with Gasteiger partial charge in [0.05, 0.1) is 17.4 Å². The van der Waals surface area contributed by atoms with Gasteiger partial charge in [0.25, 0.3) is 0 Å². The molecular weight excluding hydrogens is 238 g/mol. The number of fused-ring (bicyclic) bond motifs is 1. The van der Waals surface area contributed by atoms with E-state index in [0.717, 1.165) is 43.4 Å². The van der Waals surface area contributed by atoms with Crippen molar-refractivity contribution in [2.45, 2.75) is 25.7 Å². The highest BCUT2D eigenvalue weighted by molar-refractivity contribution is 5.75. The quantitative estimate of drug-likeness (QED) is 0.694. The van der Waals surface area contributed by atoms with Gasteiger partial charge in [0, 0.05) is 18.6 Å². The summed E-state index contributed by atoms with van der Waals surface area (Å²) in [6, 6.07) is 6.35. The molecule has 0 amide bonds. The summed E-state index contributed by atoms with van der Waals surface area (Å²) in [6.07, 6.45) is 6.33. The highest BCUT2D eigenvalue weighted by Gasteiger charge is 2.35. The number of H-pyrrole nitrogens is 1. The first-order valence-electron chi connectivity index (χ1n) is 7.05. The van der Waals surface area contributed by atoms with Gasteiger partial charge < -0.3 is 15.4 Å². The van der Waals surface area contributed by atoms with Gasteiger partial charge in [-0.2, -0.15) is 0 Å². The number of aromatic amines is 1. The molecule has 0 unspecified atom stereocenters. The molecule has 0 atom stereocenters. The van der Waals surface area contributed by atoms with Crippen LogP contribution in [0.5, 0.6) is 0 Å². The van der Waals surface area contributed by atoms with E-state index in [1.165, 1.54) is 12.0 Å². The predicted octanol–water partition coefficient (Wildman–Crippen LogP) is 1.86. The van der Waals surface area contributed by atoms with Crippen molar-refractivity contribution in [3.63, 3.8) is 0 Å². The molecular formula is C15H21N3O. The van der Waals surface area contributed by atoms with E-state index in [1.54, 1.807) is 6.33 Å². The SMILES string of the molecule is OCC1(CNCCc2ccc3nc[nH]c3c2)CCC1. The first-order chi connectivity index (χ1) is 9.31. The van der Waals surface area contributed by atoms with Gasteiger partial charge >= 0.3 is 0 Å². The molecule has 1 aliphatic rings. The summed E-state index contributed by atoms with van der Waals surface area (Å²) in [6.45, 7) is 2.22. The number of imidazole rings is 1. The highest BCUT2D eigenvalue weighted by Crippen LogP contribution is 2.39. The Morgan fingerprint density at radius 1 is 1.37 bits per heavy atom. The fourth-order valence-electron chi connectivity index (χ4n) is 2.79. The fourth-order valence-corrected chi connectivity index (χ4v) is 2.79. The molecule has 0 saturated heterocycles. The second-order valence-corrected chi connectivity index (χ2v) is 5.69. The number of nitrogens with one attached hydrogen (secondary N) is 2. The lowest BCUT2D eigenvalue weighted by atomic mass is 9.69. The number of aromatic nitrogens is 2. The molecule has 1 aliphatic carbocycles. The van der Waals surface area contributed by atoms with E-state index in [2.05, 4.69) is 33.5 Å². The average molecular weight is 259 g/mol. The Labute approximate surface area is 113 Å². The molecule has 4 nitrogen and oxygen atoms in total. The van der Waals surface area contributed by atoms with Crippen molar-refractivity contribution in [1.29, 1.82) is 0 Å². The minimum Gasteiger partial charge on any atom is -0.396 e. The maximum atomic E-state index is 9.40. The Bertz CT molecular complexity index is 540. The van der Waals surface area contributed by atoms with Crippen molar-refractivity contribution in [3.05, 3.63) is 30.1 Å². The molecule has 3 rings (SSSR count). The van der Waals surface area contributed by atoms with E-state index >= 15 is 0 Å². The Balaban J connectivity index is 1.49. The fraction of sp³-hybridized carbons (Fsp3) is 0.533. The number of aliphatic hydroxyl groups is 1. The third-order valence-corrected chi connectivity index (χ3v) is 4.32.